The number of benzene rings is 1. The zero-order valence-electron chi connectivity index (χ0n) is 19.2. The van der Waals surface area contributed by atoms with E-state index in [9.17, 15) is 4.79 Å². The Balaban J connectivity index is 1.34. The number of morpholine rings is 1. The lowest BCUT2D eigenvalue weighted by Crippen LogP contribution is -2.42. The number of hydrogen-bond donors (Lipinski definition) is 1. The van der Waals surface area contributed by atoms with Gasteiger partial charge in [-0.1, -0.05) is 6.07 Å². The predicted molar refractivity (Wildman–Crippen MR) is 128 cm³/mol. The Kier molecular flexibility index (Phi) is 5.46. The molecule has 4 atom stereocenters. The van der Waals surface area contributed by atoms with Gasteiger partial charge in [0, 0.05) is 43.1 Å². The highest BCUT2D eigenvalue weighted by molar-refractivity contribution is 6.00. The average molecular weight is 449 g/mol. The summed E-state index contributed by atoms with van der Waals surface area (Å²) in [5.41, 5.74) is 4.06. The van der Waals surface area contributed by atoms with Crippen molar-refractivity contribution in [3.8, 4) is 0 Å². The van der Waals surface area contributed by atoms with Gasteiger partial charge >= 0.3 is 0 Å². The first-order valence-corrected chi connectivity index (χ1v) is 12.4. The Morgan fingerprint density at radius 2 is 2.03 bits per heavy atom. The normalized spacial score (nSPS) is 28.2. The Labute approximate surface area is 195 Å². The van der Waals surface area contributed by atoms with Crippen LogP contribution < -0.4 is 15.1 Å². The third kappa shape index (κ3) is 3.97. The van der Waals surface area contributed by atoms with E-state index in [0.29, 0.717) is 25.4 Å². The van der Waals surface area contributed by atoms with Gasteiger partial charge in [-0.2, -0.15) is 0 Å². The van der Waals surface area contributed by atoms with Crippen molar-refractivity contribution in [2.24, 2.45) is 5.92 Å². The first-order chi connectivity index (χ1) is 16.2. The molecule has 3 fully saturated rings. The van der Waals surface area contributed by atoms with E-state index in [1.165, 1.54) is 0 Å². The van der Waals surface area contributed by atoms with Crippen molar-refractivity contribution in [2.75, 3.05) is 34.8 Å². The molecule has 2 saturated heterocycles. The fourth-order valence-electron chi connectivity index (χ4n) is 5.90. The number of fused-ring (bicyclic) bond motifs is 4. The summed E-state index contributed by atoms with van der Waals surface area (Å²) in [5.74, 6) is 1.01. The highest BCUT2D eigenvalue weighted by Crippen LogP contribution is 2.41. The number of carbonyl (C=O) groups excluding carboxylic acids is 1. The smallest absolute Gasteiger partial charge is 0.230 e. The Morgan fingerprint density at radius 1 is 1.18 bits per heavy atom. The predicted octanol–water partition coefficient (Wildman–Crippen LogP) is 4.24. The van der Waals surface area contributed by atoms with E-state index in [-0.39, 0.29) is 17.9 Å². The summed E-state index contributed by atoms with van der Waals surface area (Å²) in [6.07, 6.45) is 7.55. The number of rotatable bonds is 4. The molecule has 7 heteroatoms. The van der Waals surface area contributed by atoms with Crippen LogP contribution in [0.3, 0.4) is 0 Å². The second kappa shape index (κ2) is 8.61. The Hall–Kier alpha value is -2.64. The van der Waals surface area contributed by atoms with Gasteiger partial charge in [0.2, 0.25) is 5.91 Å². The van der Waals surface area contributed by atoms with Gasteiger partial charge in [0.05, 0.1) is 36.2 Å². The van der Waals surface area contributed by atoms with Gasteiger partial charge in [-0.15, -0.1) is 0 Å². The average Bonchev–Trinajstić information content (AvgIpc) is 3.39. The maximum absolute atomic E-state index is 13.9. The maximum Gasteiger partial charge on any atom is 0.230 e. The van der Waals surface area contributed by atoms with Gasteiger partial charge in [-0.25, -0.2) is 4.98 Å². The Bertz CT molecular complexity index is 1030. The quantitative estimate of drug-likeness (QED) is 0.755. The number of amides is 1. The Morgan fingerprint density at radius 3 is 2.85 bits per heavy atom. The standard InChI is InChI=1S/C26H32N4O3/c1-2-32-20-7-5-17(12-20)26(31)30-14-18-4-3-11-27-25(18)28-23-10-6-19(13-24(23)30)29-15-21-8-9-22(16-29)33-21/h3-4,6,10-11,13,17,20-22H,2,5,7-9,12,14-16H2,1H3,(H,27,28). The minimum absolute atomic E-state index is 0.00416. The third-order valence-corrected chi connectivity index (χ3v) is 7.56. The van der Waals surface area contributed by atoms with Crippen LogP contribution in [0.15, 0.2) is 36.5 Å². The molecule has 4 unspecified atom stereocenters. The van der Waals surface area contributed by atoms with Crippen molar-refractivity contribution in [3.05, 3.63) is 42.1 Å². The van der Waals surface area contributed by atoms with E-state index in [1.807, 2.05) is 17.9 Å². The van der Waals surface area contributed by atoms with Gasteiger partial charge in [-0.3, -0.25) is 4.79 Å². The minimum Gasteiger partial charge on any atom is -0.378 e. The largest absolute Gasteiger partial charge is 0.378 e. The summed E-state index contributed by atoms with van der Waals surface area (Å²) in [5, 5.41) is 3.49. The van der Waals surface area contributed by atoms with Crippen molar-refractivity contribution in [2.45, 2.75) is 63.9 Å². The lowest BCUT2D eigenvalue weighted by atomic mass is 10.0. The number of ether oxygens (including phenoxy) is 2. The van der Waals surface area contributed by atoms with Crippen LogP contribution in [0.1, 0.15) is 44.6 Å². The summed E-state index contributed by atoms with van der Waals surface area (Å²) in [6.45, 7) is 5.07. The second-order valence-corrected chi connectivity index (χ2v) is 9.71. The first kappa shape index (κ1) is 20.9. The second-order valence-electron chi connectivity index (χ2n) is 9.71. The molecule has 4 aliphatic rings. The molecule has 1 amide bonds. The molecule has 174 valence electrons. The van der Waals surface area contributed by atoms with Crippen LogP contribution >= 0.6 is 0 Å². The van der Waals surface area contributed by atoms with Gasteiger partial charge in [-0.05, 0) is 63.3 Å². The zero-order valence-corrected chi connectivity index (χ0v) is 19.2. The van der Waals surface area contributed by atoms with E-state index in [0.717, 1.165) is 73.6 Å². The zero-order chi connectivity index (χ0) is 22.4. The summed E-state index contributed by atoms with van der Waals surface area (Å²) >= 11 is 0. The summed E-state index contributed by atoms with van der Waals surface area (Å²) < 4.78 is 11.9. The highest BCUT2D eigenvalue weighted by Gasteiger charge is 2.37. The highest BCUT2D eigenvalue weighted by atomic mass is 16.5. The van der Waals surface area contributed by atoms with Gasteiger partial charge in [0.1, 0.15) is 5.82 Å². The molecule has 2 bridgehead atoms. The SMILES string of the molecule is CCOC1CCC(C(=O)N2Cc3cccnc3Nc3ccc(N4CC5CCC(C4)O5)cc32)C1. The molecule has 4 heterocycles. The number of aromatic nitrogens is 1. The number of hydrogen-bond acceptors (Lipinski definition) is 6. The van der Waals surface area contributed by atoms with Crippen molar-refractivity contribution in [3.63, 3.8) is 0 Å². The summed E-state index contributed by atoms with van der Waals surface area (Å²) in [6, 6.07) is 10.4. The van der Waals surface area contributed by atoms with E-state index in [1.54, 1.807) is 6.20 Å². The van der Waals surface area contributed by atoms with Gasteiger partial charge < -0.3 is 24.6 Å². The van der Waals surface area contributed by atoms with Crippen molar-refractivity contribution in [1.29, 1.82) is 0 Å². The number of nitrogens with one attached hydrogen (secondary N) is 1. The summed E-state index contributed by atoms with van der Waals surface area (Å²) in [4.78, 5) is 22.8. The fourth-order valence-corrected chi connectivity index (χ4v) is 5.90. The summed E-state index contributed by atoms with van der Waals surface area (Å²) in [7, 11) is 0. The lowest BCUT2D eigenvalue weighted by molar-refractivity contribution is -0.122. The van der Waals surface area contributed by atoms with Crippen molar-refractivity contribution in [1.82, 2.24) is 4.98 Å². The maximum atomic E-state index is 13.9. The molecule has 6 rings (SSSR count). The van der Waals surface area contributed by atoms with Gasteiger partial charge in [0.15, 0.2) is 0 Å². The van der Waals surface area contributed by atoms with Crippen LogP contribution in [-0.4, -0.2) is 48.9 Å². The van der Waals surface area contributed by atoms with E-state index in [4.69, 9.17) is 9.47 Å². The van der Waals surface area contributed by atoms with Crippen molar-refractivity contribution < 1.29 is 14.3 Å². The number of anilines is 4. The molecular weight excluding hydrogens is 416 g/mol. The third-order valence-electron chi connectivity index (χ3n) is 7.56. The van der Waals surface area contributed by atoms with E-state index in [2.05, 4.69) is 39.5 Å². The van der Waals surface area contributed by atoms with Crippen LogP contribution in [0.4, 0.5) is 22.9 Å². The molecule has 1 N–H and O–H groups in total. The molecule has 7 nitrogen and oxygen atoms in total. The number of pyridine rings is 1. The molecule has 1 aromatic heterocycles. The van der Waals surface area contributed by atoms with Crippen LogP contribution in [-0.2, 0) is 20.8 Å². The number of carbonyl (C=O) groups is 1. The monoisotopic (exact) mass is 448 g/mol. The number of nitrogens with zero attached hydrogens (tertiary/aromatic N) is 3. The van der Waals surface area contributed by atoms with Gasteiger partial charge in [0.25, 0.3) is 0 Å². The molecular formula is C26H32N4O3. The van der Waals surface area contributed by atoms with Crippen LogP contribution in [0.5, 0.6) is 0 Å². The van der Waals surface area contributed by atoms with Crippen LogP contribution in [0, 0.1) is 5.92 Å². The van der Waals surface area contributed by atoms with Crippen LogP contribution in [0.25, 0.3) is 0 Å². The molecule has 3 aliphatic heterocycles. The van der Waals surface area contributed by atoms with E-state index >= 15 is 0 Å². The molecule has 33 heavy (non-hydrogen) atoms. The topological polar surface area (TPSA) is 66.9 Å². The lowest BCUT2D eigenvalue weighted by Gasteiger charge is -2.35. The van der Waals surface area contributed by atoms with Crippen molar-refractivity contribution >= 4 is 28.8 Å². The first-order valence-electron chi connectivity index (χ1n) is 12.4. The molecule has 0 radical (unpaired) electrons. The van der Waals surface area contributed by atoms with Crippen LogP contribution in [0.2, 0.25) is 0 Å². The fraction of sp³-hybridized carbons (Fsp3) is 0.538. The molecule has 1 aliphatic carbocycles. The van der Waals surface area contributed by atoms with E-state index < -0.39 is 0 Å². The molecule has 1 aromatic carbocycles. The molecule has 2 aromatic rings. The molecule has 1 saturated carbocycles. The minimum atomic E-state index is -0.00416. The molecule has 0 spiro atoms.